The number of unbranched alkanes of at least 4 members (excludes halogenated alkanes) is 2. The third-order valence-electron chi connectivity index (χ3n) is 3.75. The summed E-state index contributed by atoms with van der Waals surface area (Å²) >= 11 is 1.33. The molecule has 0 aliphatic carbocycles. The first-order valence-electron chi connectivity index (χ1n) is 8.56. The van der Waals surface area contributed by atoms with Crippen molar-refractivity contribution in [1.29, 1.82) is 0 Å². The molecule has 1 aromatic heterocycles. The smallest absolute Gasteiger partial charge is 0.262 e. The molecule has 0 unspecified atom stereocenters. The fourth-order valence-corrected chi connectivity index (χ4v) is 3.21. The van der Waals surface area contributed by atoms with Gasteiger partial charge in [0.05, 0.1) is 16.7 Å². The quantitative estimate of drug-likeness (QED) is 0.430. The summed E-state index contributed by atoms with van der Waals surface area (Å²) in [5.74, 6) is 0.263. The molecular weight excluding hydrogens is 322 g/mol. The average Bonchev–Trinajstić information content (AvgIpc) is 2.59. The van der Waals surface area contributed by atoms with E-state index in [0.29, 0.717) is 29.1 Å². The summed E-state index contributed by atoms with van der Waals surface area (Å²) in [6.45, 7) is 5.51. The van der Waals surface area contributed by atoms with E-state index in [9.17, 15) is 9.59 Å². The minimum absolute atomic E-state index is 0.0158. The van der Waals surface area contributed by atoms with Gasteiger partial charge in [0, 0.05) is 13.1 Å². The summed E-state index contributed by atoms with van der Waals surface area (Å²) in [7, 11) is 0. The van der Waals surface area contributed by atoms with E-state index in [1.807, 2.05) is 18.2 Å². The highest BCUT2D eigenvalue weighted by Crippen LogP contribution is 2.18. The van der Waals surface area contributed by atoms with Crippen LogP contribution in [0.5, 0.6) is 0 Å². The summed E-state index contributed by atoms with van der Waals surface area (Å²) < 4.78 is 1.70. The first-order valence-corrected chi connectivity index (χ1v) is 9.55. The van der Waals surface area contributed by atoms with Crippen LogP contribution in [0.15, 0.2) is 34.2 Å². The molecule has 0 spiro atoms. The second-order valence-corrected chi connectivity index (χ2v) is 6.66. The molecule has 0 atom stereocenters. The molecule has 1 N–H and O–H groups in total. The van der Waals surface area contributed by atoms with Crippen molar-refractivity contribution in [3.05, 3.63) is 34.6 Å². The van der Waals surface area contributed by atoms with E-state index in [0.717, 1.165) is 25.7 Å². The zero-order valence-corrected chi connectivity index (χ0v) is 15.2. The molecule has 1 aromatic carbocycles. The van der Waals surface area contributed by atoms with Gasteiger partial charge in [0.1, 0.15) is 0 Å². The highest BCUT2D eigenvalue weighted by atomic mass is 32.2. The molecule has 1 amide bonds. The SMILES string of the molecule is CCCCNC(=O)CSc1nc2ccccc2c(=O)n1CCCC. The van der Waals surface area contributed by atoms with E-state index < -0.39 is 0 Å². The van der Waals surface area contributed by atoms with Crippen LogP contribution in [0, 0.1) is 0 Å². The molecule has 5 nitrogen and oxygen atoms in total. The lowest BCUT2D eigenvalue weighted by atomic mass is 10.2. The number of thioether (sulfide) groups is 1. The van der Waals surface area contributed by atoms with Crippen molar-refractivity contribution >= 4 is 28.6 Å². The van der Waals surface area contributed by atoms with Gasteiger partial charge >= 0.3 is 0 Å². The Morgan fingerprint density at radius 3 is 2.71 bits per heavy atom. The number of carbonyl (C=O) groups is 1. The molecule has 24 heavy (non-hydrogen) atoms. The molecular formula is C18H25N3O2S. The van der Waals surface area contributed by atoms with E-state index in [-0.39, 0.29) is 17.2 Å². The zero-order valence-electron chi connectivity index (χ0n) is 14.4. The van der Waals surface area contributed by atoms with Gasteiger partial charge in [-0.2, -0.15) is 0 Å². The number of rotatable bonds is 9. The van der Waals surface area contributed by atoms with Gasteiger partial charge in [-0.25, -0.2) is 4.98 Å². The van der Waals surface area contributed by atoms with Gasteiger partial charge in [-0.1, -0.05) is 50.6 Å². The fraction of sp³-hybridized carbons (Fsp3) is 0.500. The van der Waals surface area contributed by atoms with Crippen LogP contribution in [0.25, 0.3) is 10.9 Å². The van der Waals surface area contributed by atoms with Crippen molar-refractivity contribution in [3.63, 3.8) is 0 Å². The summed E-state index contributed by atoms with van der Waals surface area (Å²) in [6.07, 6.45) is 3.94. The van der Waals surface area contributed by atoms with Crippen molar-refractivity contribution in [2.24, 2.45) is 0 Å². The van der Waals surface area contributed by atoms with Crippen molar-refractivity contribution in [2.45, 2.75) is 51.2 Å². The van der Waals surface area contributed by atoms with E-state index in [1.165, 1.54) is 11.8 Å². The molecule has 0 saturated carbocycles. The van der Waals surface area contributed by atoms with Gasteiger partial charge in [-0.15, -0.1) is 0 Å². The number of hydrogen-bond acceptors (Lipinski definition) is 4. The standard InChI is InChI=1S/C18H25N3O2S/c1-3-5-11-19-16(22)13-24-18-20-15-10-8-7-9-14(15)17(23)21(18)12-6-4-2/h7-10H,3-6,11-13H2,1-2H3,(H,19,22). The maximum Gasteiger partial charge on any atom is 0.262 e. The van der Waals surface area contributed by atoms with Gasteiger partial charge < -0.3 is 5.32 Å². The zero-order chi connectivity index (χ0) is 17.4. The van der Waals surface area contributed by atoms with Crippen LogP contribution in [0.1, 0.15) is 39.5 Å². The largest absolute Gasteiger partial charge is 0.355 e. The first-order chi connectivity index (χ1) is 11.7. The van der Waals surface area contributed by atoms with Crippen LogP contribution < -0.4 is 10.9 Å². The Hall–Kier alpha value is -1.82. The van der Waals surface area contributed by atoms with Gasteiger partial charge in [0.25, 0.3) is 5.56 Å². The van der Waals surface area contributed by atoms with Gasteiger partial charge in [0.2, 0.25) is 5.91 Å². The van der Waals surface area contributed by atoms with Crippen molar-refractivity contribution < 1.29 is 4.79 Å². The molecule has 0 saturated heterocycles. The number of hydrogen-bond donors (Lipinski definition) is 1. The minimum Gasteiger partial charge on any atom is -0.355 e. The van der Waals surface area contributed by atoms with Crippen LogP contribution in [0.4, 0.5) is 0 Å². The Balaban J connectivity index is 2.20. The average molecular weight is 347 g/mol. The number of para-hydroxylation sites is 1. The monoisotopic (exact) mass is 347 g/mol. The topological polar surface area (TPSA) is 64.0 Å². The molecule has 2 aromatic rings. The molecule has 0 aliphatic rings. The fourth-order valence-electron chi connectivity index (χ4n) is 2.36. The maximum absolute atomic E-state index is 12.7. The van der Waals surface area contributed by atoms with E-state index >= 15 is 0 Å². The molecule has 0 bridgehead atoms. The molecule has 0 fully saturated rings. The summed E-state index contributed by atoms with van der Waals surface area (Å²) in [4.78, 5) is 29.2. The molecule has 130 valence electrons. The Labute approximate surface area is 146 Å². The Bertz CT molecular complexity index is 743. The number of aromatic nitrogens is 2. The lowest BCUT2D eigenvalue weighted by Crippen LogP contribution is -2.27. The number of carbonyl (C=O) groups excluding carboxylic acids is 1. The highest BCUT2D eigenvalue weighted by molar-refractivity contribution is 7.99. The van der Waals surface area contributed by atoms with E-state index in [2.05, 4.69) is 24.1 Å². The predicted molar refractivity (Wildman–Crippen MR) is 99.6 cm³/mol. The van der Waals surface area contributed by atoms with Crippen LogP contribution in [-0.2, 0) is 11.3 Å². The van der Waals surface area contributed by atoms with Crippen LogP contribution in [0.3, 0.4) is 0 Å². The minimum atomic E-state index is -0.0251. The van der Waals surface area contributed by atoms with Crippen LogP contribution in [0.2, 0.25) is 0 Å². The third kappa shape index (κ3) is 4.84. The number of nitrogens with zero attached hydrogens (tertiary/aromatic N) is 2. The number of fused-ring (bicyclic) bond motifs is 1. The second-order valence-electron chi connectivity index (χ2n) is 5.71. The van der Waals surface area contributed by atoms with Gasteiger partial charge in [0.15, 0.2) is 5.16 Å². The molecule has 6 heteroatoms. The van der Waals surface area contributed by atoms with Crippen LogP contribution in [-0.4, -0.2) is 27.8 Å². The summed E-state index contributed by atoms with van der Waals surface area (Å²) in [5.41, 5.74) is 0.659. The van der Waals surface area contributed by atoms with Gasteiger partial charge in [-0.05, 0) is 25.0 Å². The maximum atomic E-state index is 12.7. The van der Waals surface area contributed by atoms with E-state index in [4.69, 9.17) is 0 Å². The predicted octanol–water partition coefficient (Wildman–Crippen LogP) is 3.21. The lowest BCUT2D eigenvalue weighted by Gasteiger charge is -2.12. The Morgan fingerprint density at radius 1 is 1.21 bits per heavy atom. The summed E-state index contributed by atoms with van der Waals surface area (Å²) in [6, 6.07) is 7.37. The van der Waals surface area contributed by atoms with Crippen molar-refractivity contribution in [2.75, 3.05) is 12.3 Å². The van der Waals surface area contributed by atoms with Gasteiger partial charge in [-0.3, -0.25) is 14.2 Å². The summed E-state index contributed by atoms with van der Waals surface area (Å²) in [5, 5.41) is 4.15. The molecule has 1 heterocycles. The normalized spacial score (nSPS) is 10.9. The second kappa shape index (κ2) is 9.47. The van der Waals surface area contributed by atoms with Crippen LogP contribution >= 0.6 is 11.8 Å². The third-order valence-corrected chi connectivity index (χ3v) is 4.72. The molecule has 2 rings (SSSR count). The highest BCUT2D eigenvalue weighted by Gasteiger charge is 2.12. The van der Waals surface area contributed by atoms with Crippen molar-refractivity contribution in [1.82, 2.24) is 14.9 Å². The first kappa shape index (κ1) is 18.5. The Kier molecular flexibility index (Phi) is 7.31. The molecule has 0 aliphatic heterocycles. The number of benzene rings is 1. The lowest BCUT2D eigenvalue weighted by molar-refractivity contribution is -0.118. The van der Waals surface area contributed by atoms with E-state index in [1.54, 1.807) is 10.6 Å². The number of amides is 1. The van der Waals surface area contributed by atoms with Crippen molar-refractivity contribution in [3.8, 4) is 0 Å². The molecule has 0 radical (unpaired) electrons. The Morgan fingerprint density at radius 2 is 1.96 bits per heavy atom. The number of nitrogens with one attached hydrogen (secondary N) is 1.